The first-order chi connectivity index (χ1) is 6.90. The van der Waals surface area contributed by atoms with E-state index in [1.54, 1.807) is 0 Å². The van der Waals surface area contributed by atoms with Crippen LogP contribution in [-0.2, 0) is 9.59 Å². The molecule has 0 rings (SSSR count). The van der Waals surface area contributed by atoms with Crippen molar-refractivity contribution in [3.8, 4) is 0 Å². The van der Waals surface area contributed by atoms with Crippen LogP contribution in [0.4, 0.5) is 0 Å². The van der Waals surface area contributed by atoms with Crippen LogP contribution in [0, 0.1) is 0 Å². The minimum absolute atomic E-state index is 0.216. The van der Waals surface area contributed by atoms with E-state index in [1.165, 1.54) is 13.0 Å². The molecule has 0 saturated heterocycles. The van der Waals surface area contributed by atoms with Gasteiger partial charge >= 0.3 is 11.9 Å². The Bertz CT molecular complexity index is 241. The fourth-order valence-corrected chi connectivity index (χ4v) is 0.375. The molecule has 0 saturated carbocycles. The average Bonchev–Trinajstić information content (AvgIpc) is 2.12. The Kier molecular flexibility index (Phi) is 11.0. The van der Waals surface area contributed by atoms with Crippen LogP contribution in [-0.4, -0.2) is 45.1 Å². The van der Waals surface area contributed by atoms with Crippen molar-refractivity contribution in [3.63, 3.8) is 0 Å². The van der Waals surface area contributed by atoms with Gasteiger partial charge in [-0.3, -0.25) is 0 Å². The molecule has 1 unspecified atom stereocenters. The summed E-state index contributed by atoms with van der Waals surface area (Å²) in [6.45, 7) is 1.27. The number of aliphatic hydroxyl groups excluding tert-OH is 2. The van der Waals surface area contributed by atoms with Gasteiger partial charge in [-0.15, -0.1) is 0 Å². The van der Waals surface area contributed by atoms with Gasteiger partial charge < -0.3 is 20.4 Å². The Morgan fingerprint density at radius 2 is 1.67 bits per heavy atom. The third kappa shape index (κ3) is 24.5. The molecule has 4 N–H and O–H groups in total. The molecule has 0 radical (unpaired) electrons. The van der Waals surface area contributed by atoms with Crippen LogP contribution in [0.5, 0.6) is 0 Å². The molecule has 0 spiro atoms. The van der Waals surface area contributed by atoms with Crippen molar-refractivity contribution in [1.82, 2.24) is 0 Å². The first-order valence-electron chi connectivity index (χ1n) is 3.99. The van der Waals surface area contributed by atoms with Crippen molar-refractivity contribution < 1.29 is 30.0 Å². The molecule has 6 nitrogen and oxygen atoms in total. The smallest absolute Gasteiger partial charge is 0.328 e. The minimum atomic E-state index is -1.04. The maximum Gasteiger partial charge on any atom is 0.328 e. The molecule has 0 aliphatic heterocycles. The van der Waals surface area contributed by atoms with Crippen LogP contribution in [0.3, 0.4) is 0 Å². The van der Waals surface area contributed by atoms with Gasteiger partial charge in [-0.05, 0) is 13.0 Å². The Labute approximate surface area is 86.8 Å². The van der Waals surface area contributed by atoms with Crippen LogP contribution in [0.25, 0.3) is 0 Å². The fourth-order valence-electron chi connectivity index (χ4n) is 0.375. The molecule has 1 atom stereocenters. The summed E-state index contributed by atoms with van der Waals surface area (Å²) in [4.78, 5) is 19.3. The van der Waals surface area contributed by atoms with E-state index in [-0.39, 0.29) is 6.61 Å². The fraction of sp³-hybridized carbons (Fsp3) is 0.333. The molecule has 15 heavy (non-hydrogen) atoms. The van der Waals surface area contributed by atoms with Crippen LogP contribution in [0.1, 0.15) is 6.92 Å². The van der Waals surface area contributed by atoms with Gasteiger partial charge in [0.25, 0.3) is 0 Å². The number of hydrogen-bond donors (Lipinski definition) is 4. The van der Waals surface area contributed by atoms with E-state index in [1.807, 2.05) is 0 Å². The predicted octanol–water partition coefficient (Wildman–Crippen LogP) is -0.372. The molecule has 0 amide bonds. The monoisotopic (exact) mass is 218 g/mol. The zero-order chi connectivity index (χ0) is 12.3. The lowest BCUT2D eigenvalue weighted by Gasteiger charge is -1.88. The van der Waals surface area contributed by atoms with Crippen molar-refractivity contribution in [1.29, 1.82) is 0 Å². The Balaban J connectivity index is 0. The molecule has 0 heterocycles. The first kappa shape index (κ1) is 15.8. The SMILES string of the molecule is CC(O)/C=C/C(=O)O.O=C(O)/C=C/CO. The molecule has 0 fully saturated rings. The van der Waals surface area contributed by atoms with Crippen molar-refractivity contribution >= 4 is 11.9 Å². The zero-order valence-electron chi connectivity index (χ0n) is 8.20. The van der Waals surface area contributed by atoms with Crippen molar-refractivity contribution in [3.05, 3.63) is 24.3 Å². The van der Waals surface area contributed by atoms with E-state index < -0.39 is 18.0 Å². The van der Waals surface area contributed by atoms with Gasteiger partial charge in [-0.2, -0.15) is 0 Å². The average molecular weight is 218 g/mol. The number of aliphatic carboxylic acids is 2. The van der Waals surface area contributed by atoms with Crippen LogP contribution >= 0.6 is 0 Å². The zero-order valence-corrected chi connectivity index (χ0v) is 8.20. The van der Waals surface area contributed by atoms with Gasteiger partial charge in [0.05, 0.1) is 12.7 Å². The highest BCUT2D eigenvalue weighted by molar-refractivity contribution is 5.80. The number of carboxylic acid groups (broad SMARTS) is 2. The summed E-state index contributed by atoms with van der Waals surface area (Å²) in [5, 5.41) is 32.2. The summed E-state index contributed by atoms with van der Waals surface area (Å²) >= 11 is 0. The summed E-state index contributed by atoms with van der Waals surface area (Å²) in [7, 11) is 0. The van der Waals surface area contributed by atoms with E-state index in [4.69, 9.17) is 20.4 Å². The second-order valence-electron chi connectivity index (χ2n) is 2.36. The Morgan fingerprint density at radius 1 is 1.20 bits per heavy atom. The highest BCUT2D eigenvalue weighted by atomic mass is 16.4. The maximum absolute atomic E-state index is 9.71. The summed E-state index contributed by atoms with van der Waals surface area (Å²) in [6, 6.07) is 0. The Hall–Kier alpha value is -1.66. The molecule has 6 heteroatoms. The molecule has 0 aliphatic carbocycles. The number of hydrogen-bond acceptors (Lipinski definition) is 4. The summed E-state index contributed by atoms with van der Waals surface area (Å²) in [5.41, 5.74) is 0. The van der Waals surface area contributed by atoms with E-state index >= 15 is 0 Å². The van der Waals surface area contributed by atoms with Crippen molar-refractivity contribution in [2.24, 2.45) is 0 Å². The molecule has 0 aromatic heterocycles. The standard InChI is InChI=1S/C5H8O3.C4H6O3/c1-4(6)2-3-5(7)8;5-3-1-2-4(6)7/h2-4,6H,1H3,(H,7,8);1-2,5H,3H2,(H,6,7)/b3-2+;2-1+. The van der Waals surface area contributed by atoms with Crippen LogP contribution in [0.2, 0.25) is 0 Å². The molecule has 86 valence electrons. The topological polar surface area (TPSA) is 115 Å². The highest BCUT2D eigenvalue weighted by Gasteiger charge is 1.87. The molecule has 0 aliphatic rings. The summed E-state index contributed by atoms with van der Waals surface area (Å²) < 4.78 is 0. The van der Waals surface area contributed by atoms with Crippen LogP contribution < -0.4 is 0 Å². The molecular weight excluding hydrogens is 204 g/mol. The molecule has 0 aromatic rings. The van der Waals surface area contributed by atoms with Gasteiger partial charge in [-0.25, -0.2) is 9.59 Å². The van der Waals surface area contributed by atoms with Gasteiger partial charge in [0.15, 0.2) is 0 Å². The molecular formula is C9H14O6. The third-order valence-electron chi connectivity index (χ3n) is 0.883. The predicted molar refractivity (Wildman–Crippen MR) is 52.3 cm³/mol. The second-order valence-corrected chi connectivity index (χ2v) is 2.36. The third-order valence-corrected chi connectivity index (χ3v) is 0.883. The molecule has 0 aromatic carbocycles. The summed E-state index contributed by atoms with van der Waals surface area (Å²) in [6.07, 6.45) is 3.47. The van der Waals surface area contributed by atoms with E-state index in [2.05, 4.69) is 0 Å². The minimum Gasteiger partial charge on any atom is -0.478 e. The van der Waals surface area contributed by atoms with Gasteiger partial charge in [-0.1, -0.05) is 6.08 Å². The maximum atomic E-state index is 9.71. The van der Waals surface area contributed by atoms with Gasteiger partial charge in [0.2, 0.25) is 0 Å². The number of aliphatic hydroxyl groups is 2. The van der Waals surface area contributed by atoms with E-state index in [9.17, 15) is 9.59 Å². The molecule has 0 bridgehead atoms. The van der Waals surface area contributed by atoms with Crippen molar-refractivity contribution in [2.75, 3.05) is 6.61 Å². The van der Waals surface area contributed by atoms with E-state index in [0.29, 0.717) is 0 Å². The number of carboxylic acids is 2. The van der Waals surface area contributed by atoms with Gasteiger partial charge in [0, 0.05) is 12.2 Å². The lowest BCUT2D eigenvalue weighted by Crippen LogP contribution is -1.95. The Morgan fingerprint density at radius 3 is 1.80 bits per heavy atom. The highest BCUT2D eigenvalue weighted by Crippen LogP contribution is 1.80. The van der Waals surface area contributed by atoms with Gasteiger partial charge in [0.1, 0.15) is 0 Å². The van der Waals surface area contributed by atoms with Crippen LogP contribution in [0.15, 0.2) is 24.3 Å². The second kappa shape index (κ2) is 10.4. The first-order valence-corrected chi connectivity index (χ1v) is 3.99. The number of rotatable bonds is 4. The van der Waals surface area contributed by atoms with E-state index in [0.717, 1.165) is 18.2 Å². The number of carbonyl (C=O) groups is 2. The largest absolute Gasteiger partial charge is 0.478 e. The lowest BCUT2D eigenvalue weighted by molar-refractivity contribution is -0.132. The lowest BCUT2D eigenvalue weighted by atomic mass is 10.4. The van der Waals surface area contributed by atoms with Crippen molar-refractivity contribution in [2.45, 2.75) is 13.0 Å². The summed E-state index contributed by atoms with van der Waals surface area (Å²) in [5.74, 6) is -2.07. The normalized spacial score (nSPS) is 12.2. The quantitative estimate of drug-likeness (QED) is 0.478.